The molecule has 1 aromatic rings. The molecule has 0 aliphatic rings. The second-order valence-electron chi connectivity index (χ2n) is 4.47. The topological polar surface area (TPSA) is 35.5 Å². The number of aryl methyl sites for hydroxylation is 1. The van der Waals surface area contributed by atoms with Crippen molar-refractivity contribution in [3.63, 3.8) is 0 Å². The minimum Gasteiger partial charge on any atom is -0.497 e. The van der Waals surface area contributed by atoms with Gasteiger partial charge in [-0.25, -0.2) is 4.79 Å². The number of allylic oxidation sites excluding steroid dienone is 1. The number of hydrogen-bond donors (Lipinski definition) is 0. The van der Waals surface area contributed by atoms with Crippen LogP contribution in [0, 0.1) is 0 Å². The molecule has 0 fully saturated rings. The zero-order valence-corrected chi connectivity index (χ0v) is 12.2. The summed E-state index contributed by atoms with van der Waals surface area (Å²) >= 11 is 0. The Morgan fingerprint density at radius 3 is 2.32 bits per heavy atom. The Labute approximate surface area is 115 Å². The third-order valence-electron chi connectivity index (χ3n) is 3.17. The lowest BCUT2D eigenvalue weighted by Gasteiger charge is -2.08. The minimum absolute atomic E-state index is 0.213. The Kier molecular flexibility index (Phi) is 6.13. The second kappa shape index (κ2) is 7.62. The third kappa shape index (κ3) is 4.78. The summed E-state index contributed by atoms with van der Waals surface area (Å²) in [5, 5.41) is 0. The average Bonchev–Trinajstić information content (AvgIpc) is 2.44. The number of esters is 1. The normalized spacial score (nSPS) is 11.8. The standard InChI is InChI=1S/C16H22O3/c1-5-19-16(17)13(3)12(2)6-7-14-8-10-15(18-4)11-9-14/h8-11H,5-7H2,1-4H3/b13-12+. The van der Waals surface area contributed by atoms with Gasteiger partial charge in [-0.2, -0.15) is 0 Å². The lowest BCUT2D eigenvalue weighted by Crippen LogP contribution is -2.07. The summed E-state index contributed by atoms with van der Waals surface area (Å²) in [5.74, 6) is 0.647. The summed E-state index contributed by atoms with van der Waals surface area (Å²) in [6, 6.07) is 8.00. The molecule has 0 spiro atoms. The Morgan fingerprint density at radius 2 is 1.79 bits per heavy atom. The first-order valence-corrected chi connectivity index (χ1v) is 6.54. The predicted octanol–water partition coefficient (Wildman–Crippen LogP) is 3.53. The van der Waals surface area contributed by atoms with E-state index in [1.807, 2.05) is 45.0 Å². The van der Waals surface area contributed by atoms with Crippen molar-refractivity contribution in [2.75, 3.05) is 13.7 Å². The van der Waals surface area contributed by atoms with Crippen LogP contribution in [0.15, 0.2) is 35.4 Å². The fraction of sp³-hybridized carbons (Fsp3) is 0.438. The van der Waals surface area contributed by atoms with Gasteiger partial charge in [0.2, 0.25) is 0 Å². The number of ether oxygens (including phenoxy) is 2. The van der Waals surface area contributed by atoms with Crippen molar-refractivity contribution in [3.8, 4) is 5.75 Å². The zero-order chi connectivity index (χ0) is 14.3. The van der Waals surface area contributed by atoms with Gasteiger partial charge in [0.1, 0.15) is 5.75 Å². The fourth-order valence-corrected chi connectivity index (χ4v) is 1.73. The first-order chi connectivity index (χ1) is 9.08. The number of methoxy groups -OCH3 is 1. The maximum absolute atomic E-state index is 11.6. The van der Waals surface area contributed by atoms with Crippen molar-refractivity contribution >= 4 is 5.97 Å². The monoisotopic (exact) mass is 262 g/mol. The summed E-state index contributed by atoms with van der Waals surface area (Å²) < 4.78 is 10.1. The van der Waals surface area contributed by atoms with Crippen LogP contribution in [0.1, 0.15) is 32.8 Å². The molecule has 19 heavy (non-hydrogen) atoms. The zero-order valence-electron chi connectivity index (χ0n) is 12.2. The van der Waals surface area contributed by atoms with E-state index < -0.39 is 0 Å². The number of carbonyl (C=O) groups is 1. The van der Waals surface area contributed by atoms with Gasteiger partial charge in [-0.05, 0) is 51.3 Å². The van der Waals surface area contributed by atoms with Crippen LogP contribution < -0.4 is 4.74 Å². The molecule has 3 nitrogen and oxygen atoms in total. The van der Waals surface area contributed by atoms with E-state index in [9.17, 15) is 4.79 Å². The summed E-state index contributed by atoms with van der Waals surface area (Å²) in [6.07, 6.45) is 1.77. The highest BCUT2D eigenvalue weighted by Gasteiger charge is 2.08. The molecule has 0 aliphatic carbocycles. The van der Waals surface area contributed by atoms with E-state index >= 15 is 0 Å². The third-order valence-corrected chi connectivity index (χ3v) is 3.17. The first kappa shape index (κ1) is 15.3. The molecule has 0 N–H and O–H groups in total. The van der Waals surface area contributed by atoms with Gasteiger partial charge in [-0.15, -0.1) is 0 Å². The van der Waals surface area contributed by atoms with Crippen molar-refractivity contribution in [1.82, 2.24) is 0 Å². The largest absolute Gasteiger partial charge is 0.497 e. The van der Waals surface area contributed by atoms with E-state index in [-0.39, 0.29) is 5.97 Å². The molecule has 1 rings (SSSR count). The van der Waals surface area contributed by atoms with Gasteiger partial charge in [0.05, 0.1) is 13.7 Å². The molecule has 0 radical (unpaired) electrons. The van der Waals surface area contributed by atoms with Crippen molar-refractivity contribution in [1.29, 1.82) is 0 Å². The Hall–Kier alpha value is -1.77. The van der Waals surface area contributed by atoms with E-state index in [1.165, 1.54) is 5.56 Å². The van der Waals surface area contributed by atoms with E-state index in [1.54, 1.807) is 7.11 Å². The lowest BCUT2D eigenvalue weighted by atomic mass is 10.0. The number of hydrogen-bond acceptors (Lipinski definition) is 3. The molecule has 0 saturated heterocycles. The van der Waals surface area contributed by atoms with Crippen LogP contribution in [0.5, 0.6) is 5.75 Å². The van der Waals surface area contributed by atoms with Gasteiger partial charge < -0.3 is 9.47 Å². The smallest absolute Gasteiger partial charge is 0.333 e. The first-order valence-electron chi connectivity index (χ1n) is 6.54. The quantitative estimate of drug-likeness (QED) is 0.581. The van der Waals surface area contributed by atoms with Crippen LogP contribution in [-0.4, -0.2) is 19.7 Å². The Morgan fingerprint density at radius 1 is 1.16 bits per heavy atom. The number of benzene rings is 1. The van der Waals surface area contributed by atoms with E-state index in [0.717, 1.165) is 29.7 Å². The van der Waals surface area contributed by atoms with Gasteiger partial charge in [0.15, 0.2) is 0 Å². The summed E-state index contributed by atoms with van der Waals surface area (Å²) in [7, 11) is 1.66. The molecule has 0 saturated carbocycles. The number of rotatable bonds is 6. The highest BCUT2D eigenvalue weighted by molar-refractivity contribution is 5.88. The maximum Gasteiger partial charge on any atom is 0.333 e. The Balaban J connectivity index is 2.59. The highest BCUT2D eigenvalue weighted by atomic mass is 16.5. The highest BCUT2D eigenvalue weighted by Crippen LogP contribution is 2.16. The molecule has 0 unspecified atom stereocenters. The summed E-state index contributed by atoms with van der Waals surface area (Å²) in [6.45, 7) is 6.04. The molecular formula is C16H22O3. The van der Waals surface area contributed by atoms with Crippen LogP contribution in [0.3, 0.4) is 0 Å². The van der Waals surface area contributed by atoms with Gasteiger partial charge in [0.25, 0.3) is 0 Å². The second-order valence-corrected chi connectivity index (χ2v) is 4.47. The molecule has 0 aliphatic heterocycles. The van der Waals surface area contributed by atoms with Crippen LogP contribution in [-0.2, 0) is 16.0 Å². The van der Waals surface area contributed by atoms with Crippen molar-refractivity contribution < 1.29 is 14.3 Å². The number of carbonyl (C=O) groups excluding carboxylic acids is 1. The lowest BCUT2D eigenvalue weighted by molar-refractivity contribution is -0.138. The SMILES string of the molecule is CCOC(=O)/C(C)=C(\C)CCc1ccc(OC)cc1. The molecule has 0 atom stereocenters. The Bertz CT molecular complexity index is 444. The fourth-order valence-electron chi connectivity index (χ4n) is 1.73. The van der Waals surface area contributed by atoms with Crippen LogP contribution in [0.25, 0.3) is 0 Å². The van der Waals surface area contributed by atoms with Crippen LogP contribution >= 0.6 is 0 Å². The van der Waals surface area contributed by atoms with Gasteiger partial charge in [0, 0.05) is 5.57 Å². The molecule has 0 bridgehead atoms. The van der Waals surface area contributed by atoms with Crippen molar-refractivity contribution in [2.45, 2.75) is 33.6 Å². The molecular weight excluding hydrogens is 240 g/mol. The summed E-state index contributed by atoms with van der Waals surface area (Å²) in [5.41, 5.74) is 3.03. The van der Waals surface area contributed by atoms with Gasteiger partial charge in [-0.3, -0.25) is 0 Å². The predicted molar refractivity (Wildman–Crippen MR) is 76.3 cm³/mol. The molecule has 3 heteroatoms. The summed E-state index contributed by atoms with van der Waals surface area (Å²) in [4.78, 5) is 11.6. The van der Waals surface area contributed by atoms with Crippen LogP contribution in [0.2, 0.25) is 0 Å². The van der Waals surface area contributed by atoms with Gasteiger partial charge >= 0.3 is 5.97 Å². The van der Waals surface area contributed by atoms with E-state index in [4.69, 9.17) is 9.47 Å². The van der Waals surface area contributed by atoms with Gasteiger partial charge in [-0.1, -0.05) is 17.7 Å². The minimum atomic E-state index is -0.213. The molecule has 104 valence electrons. The van der Waals surface area contributed by atoms with Crippen molar-refractivity contribution in [2.24, 2.45) is 0 Å². The molecule has 1 aromatic carbocycles. The van der Waals surface area contributed by atoms with E-state index in [2.05, 4.69) is 0 Å². The average molecular weight is 262 g/mol. The van der Waals surface area contributed by atoms with Crippen molar-refractivity contribution in [3.05, 3.63) is 41.0 Å². The maximum atomic E-state index is 11.6. The molecule has 0 amide bonds. The van der Waals surface area contributed by atoms with Crippen LogP contribution in [0.4, 0.5) is 0 Å². The molecule has 0 heterocycles. The van der Waals surface area contributed by atoms with E-state index in [0.29, 0.717) is 6.61 Å². The molecule has 0 aromatic heterocycles.